The van der Waals surface area contributed by atoms with Crippen LogP contribution in [0.5, 0.6) is 0 Å². The van der Waals surface area contributed by atoms with E-state index >= 15 is 0 Å². The molecule has 0 aromatic rings. The first-order valence-corrected chi connectivity index (χ1v) is 9.00. The van der Waals surface area contributed by atoms with E-state index in [9.17, 15) is 8.42 Å². The van der Waals surface area contributed by atoms with Crippen LogP contribution >= 0.6 is 0 Å². The zero-order valence-corrected chi connectivity index (χ0v) is 14.0. The SMILES string of the molecule is CNCC1CCN(S(=O)(=O)NCCCOCCOC)CC1. The normalized spacial score (nSPS) is 18.2. The molecule has 1 fully saturated rings. The summed E-state index contributed by atoms with van der Waals surface area (Å²) in [5, 5.41) is 3.15. The van der Waals surface area contributed by atoms with E-state index in [1.54, 1.807) is 11.4 Å². The highest BCUT2D eigenvalue weighted by Gasteiger charge is 2.27. The summed E-state index contributed by atoms with van der Waals surface area (Å²) < 4.78 is 38.6. The van der Waals surface area contributed by atoms with Crippen molar-refractivity contribution in [3.8, 4) is 0 Å². The Labute approximate surface area is 128 Å². The third kappa shape index (κ3) is 7.53. The molecule has 0 bridgehead atoms. The lowest BCUT2D eigenvalue weighted by atomic mass is 9.98. The van der Waals surface area contributed by atoms with Gasteiger partial charge in [0.1, 0.15) is 0 Å². The first kappa shape index (κ1) is 18.8. The molecule has 1 heterocycles. The molecule has 1 rings (SSSR count). The minimum Gasteiger partial charge on any atom is -0.382 e. The number of nitrogens with one attached hydrogen (secondary N) is 2. The molecule has 0 aliphatic carbocycles. The van der Waals surface area contributed by atoms with Crippen molar-refractivity contribution in [1.29, 1.82) is 0 Å². The zero-order chi connectivity index (χ0) is 15.6. The van der Waals surface area contributed by atoms with Gasteiger partial charge in [0.25, 0.3) is 10.2 Å². The Morgan fingerprint density at radius 3 is 2.52 bits per heavy atom. The molecule has 0 aromatic carbocycles. The van der Waals surface area contributed by atoms with Crippen molar-refractivity contribution >= 4 is 10.2 Å². The predicted octanol–water partition coefficient (Wildman–Crippen LogP) is -0.195. The van der Waals surface area contributed by atoms with Crippen LogP contribution in [-0.2, 0) is 19.7 Å². The Kier molecular flexibility index (Phi) is 9.37. The third-order valence-electron chi connectivity index (χ3n) is 3.59. The van der Waals surface area contributed by atoms with Crippen LogP contribution in [0.25, 0.3) is 0 Å². The molecular weight excluding hydrogens is 294 g/mol. The Bertz CT molecular complexity index is 356. The molecule has 0 aromatic heterocycles. The molecule has 0 saturated carbocycles. The van der Waals surface area contributed by atoms with E-state index in [-0.39, 0.29) is 0 Å². The fraction of sp³-hybridized carbons (Fsp3) is 1.00. The van der Waals surface area contributed by atoms with Crippen molar-refractivity contribution in [3.05, 3.63) is 0 Å². The number of rotatable bonds is 11. The summed E-state index contributed by atoms with van der Waals surface area (Å²) in [6.07, 6.45) is 2.50. The first-order valence-electron chi connectivity index (χ1n) is 7.56. The van der Waals surface area contributed by atoms with Crippen LogP contribution in [0.3, 0.4) is 0 Å². The van der Waals surface area contributed by atoms with Gasteiger partial charge in [-0.05, 0) is 38.8 Å². The van der Waals surface area contributed by atoms with Gasteiger partial charge in [0.15, 0.2) is 0 Å². The van der Waals surface area contributed by atoms with E-state index in [4.69, 9.17) is 9.47 Å². The maximum absolute atomic E-state index is 12.1. The summed E-state index contributed by atoms with van der Waals surface area (Å²) in [7, 11) is 0.216. The Morgan fingerprint density at radius 2 is 1.90 bits per heavy atom. The predicted molar refractivity (Wildman–Crippen MR) is 82.5 cm³/mol. The molecule has 7 nitrogen and oxygen atoms in total. The van der Waals surface area contributed by atoms with Crippen molar-refractivity contribution < 1.29 is 17.9 Å². The topological polar surface area (TPSA) is 79.9 Å². The monoisotopic (exact) mass is 323 g/mol. The van der Waals surface area contributed by atoms with Crippen LogP contribution in [0, 0.1) is 5.92 Å². The second-order valence-corrected chi connectivity index (χ2v) is 7.01. The zero-order valence-electron chi connectivity index (χ0n) is 13.1. The van der Waals surface area contributed by atoms with E-state index in [0.29, 0.717) is 51.8 Å². The van der Waals surface area contributed by atoms with Gasteiger partial charge in [-0.25, -0.2) is 4.72 Å². The molecule has 1 aliphatic heterocycles. The van der Waals surface area contributed by atoms with Crippen LogP contribution in [0.2, 0.25) is 0 Å². The Morgan fingerprint density at radius 1 is 1.19 bits per heavy atom. The second kappa shape index (κ2) is 10.5. The van der Waals surface area contributed by atoms with E-state index in [2.05, 4.69) is 10.0 Å². The number of methoxy groups -OCH3 is 1. The highest BCUT2D eigenvalue weighted by molar-refractivity contribution is 7.87. The Hall–Kier alpha value is -0.250. The third-order valence-corrected chi connectivity index (χ3v) is 5.20. The summed E-state index contributed by atoms with van der Waals surface area (Å²) in [5.74, 6) is 0.579. The van der Waals surface area contributed by atoms with E-state index in [0.717, 1.165) is 19.4 Å². The number of piperidine rings is 1. The van der Waals surface area contributed by atoms with Gasteiger partial charge in [-0.15, -0.1) is 0 Å². The van der Waals surface area contributed by atoms with E-state index in [1.165, 1.54) is 0 Å². The van der Waals surface area contributed by atoms with Gasteiger partial charge in [-0.2, -0.15) is 12.7 Å². The van der Waals surface area contributed by atoms with Crippen molar-refractivity contribution in [2.24, 2.45) is 5.92 Å². The Balaban J connectivity index is 2.16. The fourth-order valence-corrected chi connectivity index (χ4v) is 3.63. The van der Waals surface area contributed by atoms with Gasteiger partial charge in [-0.1, -0.05) is 0 Å². The van der Waals surface area contributed by atoms with Crippen LogP contribution in [0.15, 0.2) is 0 Å². The largest absolute Gasteiger partial charge is 0.382 e. The molecule has 1 saturated heterocycles. The molecule has 0 amide bonds. The summed E-state index contributed by atoms with van der Waals surface area (Å²) in [6, 6.07) is 0. The highest BCUT2D eigenvalue weighted by Crippen LogP contribution is 2.18. The molecule has 21 heavy (non-hydrogen) atoms. The van der Waals surface area contributed by atoms with Crippen LogP contribution in [-0.4, -0.2) is 72.9 Å². The maximum Gasteiger partial charge on any atom is 0.279 e. The molecule has 8 heteroatoms. The lowest BCUT2D eigenvalue weighted by Crippen LogP contribution is -2.46. The van der Waals surface area contributed by atoms with Gasteiger partial charge in [0.05, 0.1) is 13.2 Å². The lowest BCUT2D eigenvalue weighted by molar-refractivity contribution is 0.0699. The van der Waals surface area contributed by atoms with Gasteiger partial charge in [-0.3, -0.25) is 0 Å². The van der Waals surface area contributed by atoms with Crippen molar-refractivity contribution in [2.75, 3.05) is 60.2 Å². The van der Waals surface area contributed by atoms with Crippen LogP contribution in [0.4, 0.5) is 0 Å². The van der Waals surface area contributed by atoms with Crippen LogP contribution in [0.1, 0.15) is 19.3 Å². The number of ether oxygens (including phenoxy) is 2. The molecule has 126 valence electrons. The fourth-order valence-electron chi connectivity index (χ4n) is 2.35. The first-order chi connectivity index (χ1) is 10.1. The molecule has 0 spiro atoms. The summed E-state index contributed by atoms with van der Waals surface area (Å²) >= 11 is 0. The summed E-state index contributed by atoms with van der Waals surface area (Å²) in [5.41, 5.74) is 0. The van der Waals surface area contributed by atoms with Crippen LogP contribution < -0.4 is 10.0 Å². The van der Waals surface area contributed by atoms with Gasteiger partial charge < -0.3 is 14.8 Å². The van der Waals surface area contributed by atoms with Gasteiger partial charge >= 0.3 is 0 Å². The number of hydrogen-bond donors (Lipinski definition) is 2. The average Bonchev–Trinajstić information content (AvgIpc) is 2.47. The van der Waals surface area contributed by atoms with E-state index in [1.807, 2.05) is 7.05 Å². The van der Waals surface area contributed by atoms with Gasteiger partial charge in [0.2, 0.25) is 0 Å². The smallest absolute Gasteiger partial charge is 0.279 e. The molecule has 0 atom stereocenters. The quantitative estimate of drug-likeness (QED) is 0.515. The number of nitrogens with zero attached hydrogens (tertiary/aromatic N) is 1. The van der Waals surface area contributed by atoms with E-state index < -0.39 is 10.2 Å². The summed E-state index contributed by atoms with van der Waals surface area (Å²) in [6.45, 7) is 4.22. The second-order valence-electron chi connectivity index (χ2n) is 5.26. The van der Waals surface area contributed by atoms with Crippen molar-refractivity contribution in [3.63, 3.8) is 0 Å². The molecule has 0 unspecified atom stereocenters. The molecular formula is C13H29N3O4S. The van der Waals surface area contributed by atoms with Crippen molar-refractivity contribution in [1.82, 2.24) is 14.3 Å². The summed E-state index contributed by atoms with van der Waals surface area (Å²) in [4.78, 5) is 0. The minimum absolute atomic E-state index is 0.408. The standard InChI is InChI=1S/C13H29N3O4S/c1-14-12-13-4-7-16(8-5-13)21(17,18)15-6-3-9-20-11-10-19-2/h13-15H,3-12H2,1-2H3. The molecule has 0 radical (unpaired) electrons. The lowest BCUT2D eigenvalue weighted by Gasteiger charge is -2.31. The highest BCUT2D eigenvalue weighted by atomic mass is 32.2. The molecule has 1 aliphatic rings. The minimum atomic E-state index is -3.34. The average molecular weight is 323 g/mol. The number of hydrogen-bond acceptors (Lipinski definition) is 5. The van der Waals surface area contributed by atoms with Crippen molar-refractivity contribution in [2.45, 2.75) is 19.3 Å². The molecule has 2 N–H and O–H groups in total. The van der Waals surface area contributed by atoms with Gasteiger partial charge in [0, 0.05) is 33.4 Å². The maximum atomic E-state index is 12.1.